The molecule has 1 fully saturated rings. The van der Waals surface area contributed by atoms with E-state index in [4.69, 9.17) is 14.2 Å². The molecule has 0 radical (unpaired) electrons. The van der Waals surface area contributed by atoms with Gasteiger partial charge >= 0.3 is 0 Å². The Kier molecular flexibility index (Phi) is 7.57. The molecule has 0 spiro atoms. The number of rotatable bonds is 7. The normalized spacial score (nSPS) is 15.2. The number of halogens is 1. The molecule has 174 valence electrons. The van der Waals surface area contributed by atoms with E-state index in [1.807, 2.05) is 0 Å². The van der Waals surface area contributed by atoms with E-state index in [2.05, 4.69) is 0 Å². The fraction of sp³-hybridized carbons (Fsp3) is 0.409. The van der Waals surface area contributed by atoms with E-state index in [1.54, 1.807) is 17.0 Å². The van der Waals surface area contributed by atoms with Crippen LogP contribution in [0, 0.1) is 5.82 Å². The van der Waals surface area contributed by atoms with E-state index in [0.717, 1.165) is 12.1 Å². The van der Waals surface area contributed by atoms with Crippen LogP contribution < -0.4 is 14.2 Å². The molecule has 8 nitrogen and oxygen atoms in total. The summed E-state index contributed by atoms with van der Waals surface area (Å²) in [5.41, 5.74) is 0.648. The Labute approximate surface area is 187 Å². The first-order chi connectivity index (χ1) is 15.3. The number of benzene rings is 2. The molecule has 2 aromatic carbocycles. The molecule has 1 aliphatic heterocycles. The third-order valence-corrected chi connectivity index (χ3v) is 7.30. The summed E-state index contributed by atoms with van der Waals surface area (Å²) in [6.07, 6.45) is 0.573. The second-order valence-corrected chi connectivity index (χ2v) is 9.20. The van der Waals surface area contributed by atoms with Crippen molar-refractivity contribution in [1.29, 1.82) is 0 Å². The summed E-state index contributed by atoms with van der Waals surface area (Å²) in [4.78, 5) is 14.7. The van der Waals surface area contributed by atoms with Crippen molar-refractivity contribution in [1.82, 2.24) is 9.21 Å². The van der Waals surface area contributed by atoms with Gasteiger partial charge in [0.2, 0.25) is 21.7 Å². The summed E-state index contributed by atoms with van der Waals surface area (Å²) < 4.78 is 56.4. The van der Waals surface area contributed by atoms with Crippen LogP contribution in [0.15, 0.2) is 41.3 Å². The van der Waals surface area contributed by atoms with E-state index in [-0.39, 0.29) is 36.9 Å². The number of methoxy groups -OCH3 is 3. The molecule has 3 rings (SSSR count). The first-order valence-corrected chi connectivity index (χ1v) is 11.6. The predicted octanol–water partition coefficient (Wildman–Crippen LogP) is 2.32. The van der Waals surface area contributed by atoms with Crippen molar-refractivity contribution in [2.45, 2.75) is 17.7 Å². The fourth-order valence-electron chi connectivity index (χ4n) is 3.72. The number of sulfonamides is 1. The topological polar surface area (TPSA) is 85.4 Å². The number of hydrogen-bond donors (Lipinski definition) is 0. The number of nitrogens with zero attached hydrogens (tertiary/aromatic N) is 2. The quantitative estimate of drug-likeness (QED) is 0.623. The fourth-order valence-corrected chi connectivity index (χ4v) is 5.19. The lowest BCUT2D eigenvalue weighted by Crippen LogP contribution is -2.38. The van der Waals surface area contributed by atoms with E-state index >= 15 is 0 Å². The lowest BCUT2D eigenvalue weighted by molar-refractivity contribution is -0.130. The number of carbonyl (C=O) groups is 1. The Morgan fingerprint density at radius 1 is 0.906 bits per heavy atom. The van der Waals surface area contributed by atoms with Crippen LogP contribution in [0.1, 0.15) is 12.0 Å². The highest BCUT2D eigenvalue weighted by atomic mass is 32.2. The van der Waals surface area contributed by atoms with Gasteiger partial charge in [-0.15, -0.1) is 0 Å². The van der Waals surface area contributed by atoms with Gasteiger partial charge in [0.15, 0.2) is 11.5 Å². The first-order valence-electron chi connectivity index (χ1n) is 10.1. The lowest BCUT2D eigenvalue weighted by Gasteiger charge is -2.23. The SMILES string of the molecule is COc1ccc(CC(=O)N2CCCN(S(=O)(=O)c3ccc(F)cc3)CC2)c(OC)c1OC. The minimum Gasteiger partial charge on any atom is -0.493 e. The van der Waals surface area contributed by atoms with Crippen LogP contribution in [0.3, 0.4) is 0 Å². The van der Waals surface area contributed by atoms with Gasteiger partial charge in [0.25, 0.3) is 0 Å². The molecule has 10 heteroatoms. The third kappa shape index (κ3) is 4.97. The van der Waals surface area contributed by atoms with Gasteiger partial charge in [0.05, 0.1) is 32.6 Å². The molecule has 0 saturated carbocycles. The Hall–Kier alpha value is -2.85. The maximum atomic E-state index is 13.2. The molecule has 0 atom stereocenters. The molecule has 0 bridgehead atoms. The van der Waals surface area contributed by atoms with Crippen LogP contribution in [0.4, 0.5) is 4.39 Å². The van der Waals surface area contributed by atoms with Crippen molar-refractivity contribution in [3.05, 3.63) is 47.8 Å². The molecule has 1 amide bonds. The Morgan fingerprint density at radius 2 is 1.59 bits per heavy atom. The summed E-state index contributed by atoms with van der Waals surface area (Å²) >= 11 is 0. The minimum atomic E-state index is -3.76. The van der Waals surface area contributed by atoms with Gasteiger partial charge in [-0.2, -0.15) is 4.31 Å². The molecule has 0 N–H and O–H groups in total. The summed E-state index contributed by atoms with van der Waals surface area (Å²) in [6.45, 7) is 1.14. The zero-order chi connectivity index (χ0) is 23.3. The van der Waals surface area contributed by atoms with Gasteiger partial charge in [0, 0.05) is 31.7 Å². The third-order valence-electron chi connectivity index (χ3n) is 5.39. The molecule has 0 aliphatic carbocycles. The average molecular weight is 467 g/mol. The van der Waals surface area contributed by atoms with Crippen molar-refractivity contribution in [2.24, 2.45) is 0 Å². The van der Waals surface area contributed by atoms with Crippen LogP contribution in [-0.2, 0) is 21.2 Å². The van der Waals surface area contributed by atoms with E-state index in [9.17, 15) is 17.6 Å². The highest BCUT2D eigenvalue weighted by Gasteiger charge is 2.29. The molecule has 1 aliphatic rings. The number of ether oxygens (including phenoxy) is 3. The van der Waals surface area contributed by atoms with E-state index < -0.39 is 15.8 Å². The molecule has 0 aromatic heterocycles. The molecule has 0 unspecified atom stereocenters. The molecular weight excluding hydrogens is 439 g/mol. The summed E-state index contributed by atoms with van der Waals surface area (Å²) in [5, 5.41) is 0. The van der Waals surface area contributed by atoms with Crippen LogP contribution in [0.2, 0.25) is 0 Å². The standard InChI is InChI=1S/C22H27FN2O6S/c1-29-19-10-5-16(21(30-2)22(19)31-3)15-20(26)24-11-4-12-25(14-13-24)32(27,28)18-8-6-17(23)7-9-18/h5-10H,4,11-15H2,1-3H3. The highest BCUT2D eigenvalue weighted by Crippen LogP contribution is 2.40. The van der Waals surface area contributed by atoms with E-state index in [1.165, 1.54) is 37.8 Å². The summed E-state index contributed by atoms with van der Waals surface area (Å²) in [5.74, 6) is 0.693. The zero-order valence-electron chi connectivity index (χ0n) is 18.3. The Bertz CT molecular complexity index is 1060. The number of amides is 1. The molecule has 1 heterocycles. The zero-order valence-corrected chi connectivity index (χ0v) is 19.2. The van der Waals surface area contributed by atoms with Gasteiger partial charge in [0.1, 0.15) is 5.82 Å². The van der Waals surface area contributed by atoms with Gasteiger partial charge < -0.3 is 19.1 Å². The number of hydrogen-bond acceptors (Lipinski definition) is 6. The van der Waals surface area contributed by atoms with Gasteiger partial charge in [-0.3, -0.25) is 4.79 Å². The highest BCUT2D eigenvalue weighted by molar-refractivity contribution is 7.89. The van der Waals surface area contributed by atoms with Crippen LogP contribution in [0.5, 0.6) is 17.2 Å². The smallest absolute Gasteiger partial charge is 0.243 e. The molecule has 32 heavy (non-hydrogen) atoms. The van der Waals surface area contributed by atoms with Crippen LogP contribution in [0.25, 0.3) is 0 Å². The second kappa shape index (κ2) is 10.2. The van der Waals surface area contributed by atoms with Crippen molar-refractivity contribution in [3.8, 4) is 17.2 Å². The molecule has 2 aromatic rings. The molecular formula is C22H27FN2O6S. The first kappa shape index (κ1) is 23.8. The minimum absolute atomic E-state index is 0.0359. The van der Waals surface area contributed by atoms with Crippen LogP contribution in [-0.4, -0.2) is 71.0 Å². The van der Waals surface area contributed by atoms with E-state index in [0.29, 0.717) is 35.8 Å². The van der Waals surface area contributed by atoms with Gasteiger partial charge in [-0.05, 0) is 36.8 Å². The largest absolute Gasteiger partial charge is 0.493 e. The molecule has 1 saturated heterocycles. The van der Waals surface area contributed by atoms with Gasteiger partial charge in [-0.1, -0.05) is 6.07 Å². The van der Waals surface area contributed by atoms with Crippen molar-refractivity contribution in [3.63, 3.8) is 0 Å². The Balaban J connectivity index is 1.72. The van der Waals surface area contributed by atoms with Crippen LogP contribution >= 0.6 is 0 Å². The van der Waals surface area contributed by atoms with Gasteiger partial charge in [-0.25, -0.2) is 12.8 Å². The second-order valence-electron chi connectivity index (χ2n) is 7.26. The summed E-state index contributed by atoms with van der Waals surface area (Å²) in [6, 6.07) is 8.21. The number of carbonyl (C=O) groups excluding carboxylic acids is 1. The maximum Gasteiger partial charge on any atom is 0.243 e. The predicted molar refractivity (Wildman–Crippen MR) is 116 cm³/mol. The summed E-state index contributed by atoms with van der Waals surface area (Å²) in [7, 11) is 0.752. The monoisotopic (exact) mass is 466 g/mol. The average Bonchev–Trinajstić information content (AvgIpc) is 3.06. The maximum absolute atomic E-state index is 13.2. The van der Waals surface area contributed by atoms with Crippen molar-refractivity contribution < 1.29 is 31.8 Å². The lowest BCUT2D eigenvalue weighted by atomic mass is 10.1. The van der Waals surface area contributed by atoms with Crippen molar-refractivity contribution >= 4 is 15.9 Å². The Morgan fingerprint density at radius 3 is 2.22 bits per heavy atom. The van der Waals surface area contributed by atoms with Crippen molar-refractivity contribution in [2.75, 3.05) is 47.5 Å².